The SMILES string of the molecule is CC(C)(C)OC(=O)CN.CC(C)(C)OC(=O)CN=C=O.CCOC(=O)c1sc(N)c(C(=O)OCC)c1C.CCOC(=O)c1sc2[nH]c(=O)n(CC(=O)OC(C)(C)C)c(=O)c2c1C. The quantitative estimate of drug-likeness (QED) is 0.103. The molecule has 0 aliphatic heterocycles. The molecule has 3 rings (SSSR count). The molecule has 62 heavy (non-hydrogen) atoms. The predicted molar refractivity (Wildman–Crippen MR) is 232 cm³/mol. The molecule has 346 valence electrons. The molecule has 3 aromatic heterocycles. The van der Waals surface area contributed by atoms with Gasteiger partial charge < -0.3 is 39.9 Å². The van der Waals surface area contributed by atoms with Crippen molar-refractivity contribution in [1.29, 1.82) is 0 Å². The van der Waals surface area contributed by atoms with Crippen LogP contribution in [0.25, 0.3) is 10.2 Å². The lowest BCUT2D eigenvalue weighted by molar-refractivity contribution is -0.156. The normalized spacial score (nSPS) is 10.8. The molecular weight excluding hydrogens is 855 g/mol. The minimum absolute atomic E-state index is 0.0444. The third-order valence-corrected chi connectivity index (χ3v) is 8.92. The van der Waals surface area contributed by atoms with E-state index in [0.717, 1.165) is 27.2 Å². The van der Waals surface area contributed by atoms with Gasteiger partial charge in [-0.25, -0.2) is 33.3 Å². The number of rotatable bonds is 11. The number of nitrogens with two attached hydrogens (primary N) is 2. The van der Waals surface area contributed by atoms with E-state index in [2.05, 4.69) is 9.98 Å². The van der Waals surface area contributed by atoms with Crippen molar-refractivity contribution < 1.29 is 62.0 Å². The molecule has 3 heterocycles. The fourth-order valence-electron chi connectivity index (χ4n) is 4.53. The van der Waals surface area contributed by atoms with Gasteiger partial charge in [0, 0.05) is 0 Å². The zero-order valence-electron chi connectivity index (χ0n) is 37.7. The monoisotopic (exact) mass is 913 g/mol. The van der Waals surface area contributed by atoms with Crippen molar-refractivity contribution in [3.63, 3.8) is 0 Å². The van der Waals surface area contributed by atoms with Crippen molar-refractivity contribution in [2.45, 2.75) is 120 Å². The molecule has 20 nitrogen and oxygen atoms in total. The Hall–Kier alpha value is -5.70. The minimum Gasteiger partial charge on any atom is -0.462 e. The Morgan fingerprint density at radius 2 is 1.13 bits per heavy atom. The highest BCUT2D eigenvalue weighted by molar-refractivity contribution is 7.20. The fraction of sp³-hybridized carbons (Fsp3) is 0.575. The van der Waals surface area contributed by atoms with Gasteiger partial charge in [-0.15, -0.1) is 22.7 Å². The Balaban J connectivity index is 0.000000871. The molecule has 0 aliphatic rings. The van der Waals surface area contributed by atoms with E-state index in [0.29, 0.717) is 16.0 Å². The number of hydrogen-bond acceptors (Lipinski definition) is 20. The number of carbonyl (C=O) groups is 6. The summed E-state index contributed by atoms with van der Waals surface area (Å²) in [7, 11) is 0. The zero-order chi connectivity index (χ0) is 48.3. The molecular formula is C40H59N5O15S2. The number of nitrogens with zero attached hydrogens (tertiary/aromatic N) is 2. The number of isocyanates is 1. The number of nitrogens with one attached hydrogen (secondary N) is 1. The predicted octanol–water partition coefficient (Wildman–Crippen LogP) is 4.52. The van der Waals surface area contributed by atoms with Gasteiger partial charge in [-0.3, -0.25) is 19.4 Å². The van der Waals surface area contributed by atoms with Crippen molar-refractivity contribution in [2.75, 3.05) is 38.6 Å². The second-order valence-corrected chi connectivity index (χ2v) is 17.5. The van der Waals surface area contributed by atoms with Gasteiger partial charge in [-0.2, -0.15) is 4.99 Å². The van der Waals surface area contributed by atoms with E-state index >= 15 is 0 Å². The Bertz CT molecular complexity index is 2210. The van der Waals surface area contributed by atoms with Crippen LogP contribution in [0.15, 0.2) is 14.6 Å². The van der Waals surface area contributed by atoms with Crippen LogP contribution >= 0.6 is 22.7 Å². The van der Waals surface area contributed by atoms with E-state index in [4.69, 9.17) is 39.9 Å². The summed E-state index contributed by atoms with van der Waals surface area (Å²) in [5.41, 5.74) is 8.88. The molecule has 3 aromatic rings. The molecule has 0 spiro atoms. The maximum atomic E-state index is 12.7. The molecule has 0 bridgehead atoms. The molecule has 0 unspecified atom stereocenters. The molecule has 0 aromatic carbocycles. The number of H-pyrrole nitrogens is 1. The van der Waals surface area contributed by atoms with Gasteiger partial charge in [0.1, 0.15) is 49.5 Å². The Morgan fingerprint density at radius 3 is 1.55 bits per heavy atom. The number of hydrogen-bond donors (Lipinski definition) is 3. The van der Waals surface area contributed by atoms with Crippen LogP contribution in [-0.2, 0) is 54.1 Å². The second-order valence-electron chi connectivity index (χ2n) is 15.4. The van der Waals surface area contributed by atoms with Crippen LogP contribution in [-0.4, -0.2) is 101 Å². The van der Waals surface area contributed by atoms with Crippen molar-refractivity contribution in [3.05, 3.63) is 47.3 Å². The van der Waals surface area contributed by atoms with Crippen LogP contribution in [0, 0.1) is 13.8 Å². The molecule has 0 atom stereocenters. The number of carbonyl (C=O) groups excluding carboxylic acids is 7. The molecule has 0 amide bonds. The van der Waals surface area contributed by atoms with Crippen LogP contribution in [0.5, 0.6) is 0 Å². The van der Waals surface area contributed by atoms with E-state index in [-0.39, 0.29) is 64.5 Å². The number of nitrogen functional groups attached to an aromatic ring is 1. The first-order chi connectivity index (χ1) is 28.5. The summed E-state index contributed by atoms with van der Waals surface area (Å²) >= 11 is 2.02. The molecule has 0 saturated carbocycles. The molecule has 0 fully saturated rings. The maximum Gasteiger partial charge on any atom is 0.348 e. The van der Waals surface area contributed by atoms with Gasteiger partial charge >= 0.3 is 41.5 Å². The number of aliphatic imine (C=N–C) groups is 1. The van der Waals surface area contributed by atoms with Crippen molar-refractivity contribution in [3.8, 4) is 0 Å². The lowest BCUT2D eigenvalue weighted by Gasteiger charge is -2.19. The summed E-state index contributed by atoms with van der Waals surface area (Å²) in [5.74, 6) is -3.09. The summed E-state index contributed by atoms with van der Waals surface area (Å²) in [6.45, 7) is 24.0. The maximum absolute atomic E-state index is 12.7. The summed E-state index contributed by atoms with van der Waals surface area (Å²) in [5, 5.41) is 0.472. The highest BCUT2D eigenvalue weighted by atomic mass is 32.1. The van der Waals surface area contributed by atoms with Crippen molar-refractivity contribution >= 4 is 79.8 Å². The lowest BCUT2D eigenvalue weighted by Crippen LogP contribution is -2.39. The van der Waals surface area contributed by atoms with Crippen LogP contribution in [0.2, 0.25) is 0 Å². The van der Waals surface area contributed by atoms with Gasteiger partial charge in [0.25, 0.3) is 5.56 Å². The highest BCUT2D eigenvalue weighted by Crippen LogP contribution is 2.32. The number of ether oxygens (including phenoxy) is 6. The standard InChI is InChI=1S/C16H20N2O6S.C11H15NO4S.C7H11NO3.C6H13NO2/c1-6-23-14(21)11-8(2)10-12(25-11)17-15(22)18(13(10)20)7-9(19)24-16(3,4)5;1-4-15-10(13)7-6(3)8(17-9(7)12)11(14)16-5-2;1-7(2,3)11-6(10)4-8-5-9;1-6(2,3)9-5(8)4-7/h6-7H2,1-5H3,(H,17,22);4-5,12H2,1-3H3;4H2,1-3H3;4,7H2,1-3H3. The van der Waals surface area contributed by atoms with Crippen LogP contribution < -0.4 is 22.7 Å². The molecule has 0 radical (unpaired) electrons. The number of aryl methyl sites for hydroxylation is 1. The topological polar surface area (TPSA) is 294 Å². The van der Waals surface area contributed by atoms with Crippen LogP contribution in [0.3, 0.4) is 0 Å². The average molecular weight is 914 g/mol. The largest absolute Gasteiger partial charge is 0.462 e. The summed E-state index contributed by atoms with van der Waals surface area (Å²) < 4.78 is 30.3. The number of esters is 6. The van der Waals surface area contributed by atoms with Crippen molar-refractivity contribution in [2.24, 2.45) is 10.7 Å². The number of thiophene rings is 2. The van der Waals surface area contributed by atoms with E-state index < -0.39 is 64.4 Å². The van der Waals surface area contributed by atoms with Gasteiger partial charge in [0.2, 0.25) is 6.08 Å². The van der Waals surface area contributed by atoms with Gasteiger partial charge in [-0.05, 0) is 108 Å². The third-order valence-electron chi connectivity index (χ3n) is 6.63. The number of anilines is 1. The number of aromatic amines is 1. The smallest absolute Gasteiger partial charge is 0.348 e. The number of aromatic nitrogens is 2. The van der Waals surface area contributed by atoms with E-state index in [1.54, 1.807) is 96.9 Å². The first-order valence-corrected chi connectivity index (χ1v) is 20.7. The van der Waals surface area contributed by atoms with Gasteiger partial charge in [0.15, 0.2) is 0 Å². The van der Waals surface area contributed by atoms with Crippen molar-refractivity contribution in [1.82, 2.24) is 9.55 Å². The Labute approximate surface area is 367 Å². The minimum atomic E-state index is -0.736. The fourth-order valence-corrected chi connectivity index (χ4v) is 6.56. The summed E-state index contributed by atoms with van der Waals surface area (Å²) in [6, 6.07) is 0. The zero-order valence-corrected chi connectivity index (χ0v) is 39.4. The molecule has 0 saturated heterocycles. The lowest BCUT2D eigenvalue weighted by atomic mass is 10.1. The van der Waals surface area contributed by atoms with E-state index in [9.17, 15) is 43.2 Å². The third kappa shape index (κ3) is 19.8. The van der Waals surface area contributed by atoms with E-state index in [1.807, 2.05) is 0 Å². The first-order valence-electron chi connectivity index (χ1n) is 19.0. The van der Waals surface area contributed by atoms with Crippen LogP contribution in [0.4, 0.5) is 5.00 Å². The van der Waals surface area contributed by atoms with Gasteiger partial charge in [-0.1, -0.05) is 0 Å². The van der Waals surface area contributed by atoms with Crippen LogP contribution in [0.1, 0.15) is 124 Å². The summed E-state index contributed by atoms with van der Waals surface area (Å²) in [4.78, 5) is 109. The highest BCUT2D eigenvalue weighted by Gasteiger charge is 2.26. The van der Waals surface area contributed by atoms with E-state index in [1.165, 1.54) is 6.08 Å². The second kappa shape index (κ2) is 25.3. The Morgan fingerprint density at radius 1 is 0.694 bits per heavy atom. The molecule has 22 heteroatoms. The number of fused-ring (bicyclic) bond motifs is 1. The average Bonchev–Trinajstić information content (AvgIpc) is 3.62. The van der Waals surface area contributed by atoms with Gasteiger partial charge in [0.05, 0.1) is 37.3 Å². The summed E-state index contributed by atoms with van der Waals surface area (Å²) in [6.07, 6.45) is 1.26. The molecule has 5 N–H and O–H groups in total. The Kier molecular flexibility index (Phi) is 23.0. The molecule has 0 aliphatic carbocycles. The first kappa shape index (κ1) is 56.3.